The summed E-state index contributed by atoms with van der Waals surface area (Å²) in [5, 5.41) is 5.86. The van der Waals surface area contributed by atoms with Crippen molar-refractivity contribution in [1.29, 1.82) is 0 Å². The van der Waals surface area contributed by atoms with Gasteiger partial charge < -0.3 is 10.6 Å². The summed E-state index contributed by atoms with van der Waals surface area (Å²) in [6.45, 7) is 3.34. The van der Waals surface area contributed by atoms with Crippen molar-refractivity contribution in [3.8, 4) is 0 Å². The van der Waals surface area contributed by atoms with Gasteiger partial charge in [-0.2, -0.15) is 0 Å². The van der Waals surface area contributed by atoms with Gasteiger partial charge in [-0.05, 0) is 36.4 Å². The van der Waals surface area contributed by atoms with Gasteiger partial charge in [0.2, 0.25) is 15.9 Å². The Morgan fingerprint density at radius 3 is 2.61 bits per heavy atom. The summed E-state index contributed by atoms with van der Waals surface area (Å²) in [5.74, 6) is -0.639. The minimum absolute atomic E-state index is 0.0276. The van der Waals surface area contributed by atoms with Crippen molar-refractivity contribution in [3.63, 3.8) is 0 Å². The Morgan fingerprint density at radius 1 is 1.11 bits per heavy atom. The van der Waals surface area contributed by atoms with E-state index in [-0.39, 0.29) is 22.9 Å². The van der Waals surface area contributed by atoms with E-state index in [9.17, 15) is 18.0 Å². The molecule has 0 spiro atoms. The lowest BCUT2D eigenvalue weighted by Crippen LogP contribution is -2.23. The normalized spacial score (nSPS) is 11.4. The topological polar surface area (TPSA) is 117 Å². The lowest BCUT2D eigenvalue weighted by atomic mass is 10.2. The van der Waals surface area contributed by atoms with Crippen molar-refractivity contribution >= 4 is 54.2 Å². The molecule has 2 amide bonds. The second-order valence-corrected chi connectivity index (χ2v) is 8.66. The SMILES string of the molecule is CCNS(=O)(=O)c1cccc(C(=O)Nc2ccc3nc(NC(C)=O)sc3c2)c1. The van der Waals surface area contributed by atoms with E-state index < -0.39 is 15.9 Å². The van der Waals surface area contributed by atoms with Gasteiger partial charge in [0.25, 0.3) is 5.91 Å². The molecule has 1 aromatic heterocycles. The maximum atomic E-state index is 12.5. The molecular weight excluding hydrogens is 400 g/mol. The van der Waals surface area contributed by atoms with Crippen LogP contribution in [0.5, 0.6) is 0 Å². The first-order chi connectivity index (χ1) is 13.3. The molecule has 0 aliphatic heterocycles. The number of aromatic nitrogens is 1. The van der Waals surface area contributed by atoms with Gasteiger partial charge in [0.05, 0.1) is 15.1 Å². The van der Waals surface area contributed by atoms with Crippen LogP contribution >= 0.6 is 11.3 Å². The molecule has 28 heavy (non-hydrogen) atoms. The van der Waals surface area contributed by atoms with Gasteiger partial charge in [0.15, 0.2) is 5.13 Å². The number of amides is 2. The van der Waals surface area contributed by atoms with Crippen LogP contribution in [0.1, 0.15) is 24.2 Å². The third-order valence-corrected chi connectivity index (χ3v) is 6.15. The molecule has 3 aromatic rings. The largest absolute Gasteiger partial charge is 0.322 e. The van der Waals surface area contributed by atoms with Gasteiger partial charge in [-0.15, -0.1) is 0 Å². The zero-order chi connectivity index (χ0) is 20.3. The number of rotatable bonds is 6. The van der Waals surface area contributed by atoms with Gasteiger partial charge >= 0.3 is 0 Å². The van der Waals surface area contributed by atoms with Crippen LogP contribution in [0, 0.1) is 0 Å². The summed E-state index contributed by atoms with van der Waals surface area (Å²) in [6.07, 6.45) is 0. The number of sulfonamides is 1. The lowest BCUT2D eigenvalue weighted by molar-refractivity contribution is -0.114. The fraction of sp³-hybridized carbons (Fsp3) is 0.167. The molecule has 0 atom stereocenters. The first kappa shape index (κ1) is 19.9. The predicted molar refractivity (Wildman–Crippen MR) is 109 cm³/mol. The molecule has 146 valence electrons. The molecule has 0 bridgehead atoms. The van der Waals surface area contributed by atoms with E-state index in [4.69, 9.17) is 0 Å². The molecule has 0 saturated carbocycles. The summed E-state index contributed by atoms with van der Waals surface area (Å²) < 4.78 is 27.4. The number of hydrogen-bond acceptors (Lipinski definition) is 6. The van der Waals surface area contributed by atoms with Gasteiger partial charge in [-0.25, -0.2) is 18.1 Å². The quantitative estimate of drug-likeness (QED) is 0.569. The minimum Gasteiger partial charge on any atom is -0.322 e. The summed E-state index contributed by atoms with van der Waals surface area (Å²) >= 11 is 1.29. The zero-order valence-electron chi connectivity index (χ0n) is 15.1. The molecule has 8 nitrogen and oxygen atoms in total. The second-order valence-electron chi connectivity index (χ2n) is 5.87. The predicted octanol–water partition coefficient (Wildman–Crippen LogP) is 2.81. The zero-order valence-corrected chi connectivity index (χ0v) is 16.8. The van der Waals surface area contributed by atoms with Crippen LogP contribution in [0.4, 0.5) is 10.8 Å². The summed E-state index contributed by atoms with van der Waals surface area (Å²) in [4.78, 5) is 28.0. The number of nitrogens with one attached hydrogen (secondary N) is 3. The molecule has 2 aromatic carbocycles. The monoisotopic (exact) mass is 418 g/mol. The van der Waals surface area contributed by atoms with Crippen molar-refractivity contribution in [2.75, 3.05) is 17.2 Å². The molecule has 10 heteroatoms. The summed E-state index contributed by atoms with van der Waals surface area (Å²) in [6, 6.07) is 11.0. The first-order valence-electron chi connectivity index (χ1n) is 8.38. The molecule has 0 fully saturated rings. The molecule has 0 unspecified atom stereocenters. The highest BCUT2D eigenvalue weighted by molar-refractivity contribution is 7.89. The van der Waals surface area contributed by atoms with E-state index in [0.717, 1.165) is 4.70 Å². The number of carbonyl (C=O) groups excluding carboxylic acids is 2. The van der Waals surface area contributed by atoms with Gasteiger partial charge in [-0.3, -0.25) is 9.59 Å². The fourth-order valence-electron chi connectivity index (χ4n) is 2.49. The van der Waals surface area contributed by atoms with E-state index in [1.807, 2.05) is 0 Å². The second kappa shape index (κ2) is 8.05. The highest BCUT2D eigenvalue weighted by atomic mass is 32.2. The van der Waals surface area contributed by atoms with Crippen LogP contribution in [0.3, 0.4) is 0 Å². The number of thiazole rings is 1. The fourth-order valence-corrected chi connectivity index (χ4v) is 4.53. The number of nitrogens with zero attached hydrogens (tertiary/aromatic N) is 1. The molecule has 0 aliphatic carbocycles. The molecule has 3 rings (SSSR count). The number of hydrogen-bond donors (Lipinski definition) is 3. The maximum absolute atomic E-state index is 12.5. The average Bonchev–Trinajstić information content (AvgIpc) is 3.02. The van der Waals surface area contributed by atoms with E-state index >= 15 is 0 Å². The molecular formula is C18H18N4O4S2. The van der Waals surface area contributed by atoms with E-state index in [0.29, 0.717) is 16.3 Å². The van der Waals surface area contributed by atoms with Crippen molar-refractivity contribution < 1.29 is 18.0 Å². The Morgan fingerprint density at radius 2 is 1.89 bits per heavy atom. The highest BCUT2D eigenvalue weighted by Crippen LogP contribution is 2.28. The van der Waals surface area contributed by atoms with Crippen LogP contribution in [0.25, 0.3) is 10.2 Å². The van der Waals surface area contributed by atoms with E-state index in [2.05, 4.69) is 20.3 Å². The number of carbonyl (C=O) groups is 2. The third kappa shape index (κ3) is 4.53. The summed E-state index contributed by atoms with van der Waals surface area (Å²) in [7, 11) is -3.65. The van der Waals surface area contributed by atoms with E-state index in [1.165, 1.54) is 36.5 Å². The van der Waals surface area contributed by atoms with Crippen molar-refractivity contribution in [3.05, 3.63) is 48.0 Å². The lowest BCUT2D eigenvalue weighted by Gasteiger charge is -2.08. The number of anilines is 2. The number of benzene rings is 2. The van der Waals surface area contributed by atoms with Crippen LogP contribution in [0.15, 0.2) is 47.4 Å². The maximum Gasteiger partial charge on any atom is 0.255 e. The molecule has 0 aliphatic rings. The molecule has 0 saturated heterocycles. The Hall–Kier alpha value is -2.82. The first-order valence-corrected chi connectivity index (χ1v) is 10.7. The van der Waals surface area contributed by atoms with Crippen LogP contribution < -0.4 is 15.4 Å². The molecule has 3 N–H and O–H groups in total. The molecule has 0 radical (unpaired) electrons. The third-order valence-electron chi connectivity index (χ3n) is 3.67. The van der Waals surface area contributed by atoms with Gasteiger partial charge in [-0.1, -0.05) is 24.3 Å². The number of fused-ring (bicyclic) bond motifs is 1. The van der Waals surface area contributed by atoms with Crippen molar-refractivity contribution in [2.45, 2.75) is 18.7 Å². The van der Waals surface area contributed by atoms with E-state index in [1.54, 1.807) is 31.2 Å². The standard InChI is InChI=1S/C18H18N4O4S2/c1-3-19-28(25,26)14-6-4-5-12(9-14)17(24)21-13-7-8-15-16(10-13)27-18(22-15)20-11(2)23/h4-10,19H,3H2,1-2H3,(H,21,24)(H,20,22,23). The Balaban J connectivity index is 1.82. The average molecular weight is 419 g/mol. The van der Waals surface area contributed by atoms with Crippen molar-refractivity contribution in [1.82, 2.24) is 9.71 Å². The van der Waals surface area contributed by atoms with Crippen LogP contribution in [-0.2, 0) is 14.8 Å². The summed E-state index contributed by atoms with van der Waals surface area (Å²) in [5.41, 5.74) is 1.46. The Labute approximate surface area is 166 Å². The Bertz CT molecular complexity index is 1160. The molecule has 1 heterocycles. The highest BCUT2D eigenvalue weighted by Gasteiger charge is 2.15. The van der Waals surface area contributed by atoms with Gasteiger partial charge in [0.1, 0.15) is 0 Å². The van der Waals surface area contributed by atoms with Crippen LogP contribution in [0.2, 0.25) is 0 Å². The van der Waals surface area contributed by atoms with Gasteiger partial charge in [0, 0.05) is 24.7 Å². The van der Waals surface area contributed by atoms with Crippen LogP contribution in [-0.4, -0.2) is 31.8 Å². The minimum atomic E-state index is -3.65. The Kier molecular flexibility index (Phi) is 5.73. The van der Waals surface area contributed by atoms with Crippen molar-refractivity contribution in [2.24, 2.45) is 0 Å². The smallest absolute Gasteiger partial charge is 0.255 e.